The molecule has 0 radical (unpaired) electrons. The van der Waals surface area contributed by atoms with Crippen molar-refractivity contribution >= 4 is 5.78 Å². The number of hydrogen-bond acceptors (Lipinski definition) is 2. The lowest BCUT2D eigenvalue weighted by atomic mass is 9.81. The number of nitrogens with zero attached hydrogens (tertiary/aromatic N) is 1. The molecule has 0 unspecified atom stereocenters. The Morgan fingerprint density at radius 3 is 2.70 bits per heavy atom. The number of ketones is 1. The van der Waals surface area contributed by atoms with E-state index in [1.165, 1.54) is 12.3 Å². The van der Waals surface area contributed by atoms with Crippen molar-refractivity contribution in [2.24, 2.45) is 0 Å². The molecule has 0 amide bonds. The zero-order valence-corrected chi connectivity index (χ0v) is 12.4. The van der Waals surface area contributed by atoms with Crippen molar-refractivity contribution < 1.29 is 9.18 Å². The predicted molar refractivity (Wildman–Crippen MR) is 86.1 cm³/mol. The number of pyridine rings is 1. The van der Waals surface area contributed by atoms with E-state index in [4.69, 9.17) is 0 Å². The topological polar surface area (TPSA) is 30.0 Å². The minimum Gasteiger partial charge on any atom is -0.289 e. The quantitative estimate of drug-likeness (QED) is 0.525. The van der Waals surface area contributed by atoms with Crippen molar-refractivity contribution in [2.45, 2.75) is 12.8 Å². The molecule has 112 valence electrons. The number of rotatable bonds is 2. The summed E-state index contributed by atoms with van der Waals surface area (Å²) in [5.41, 5.74) is 5.40. The van der Waals surface area contributed by atoms with E-state index in [0.717, 1.165) is 39.8 Å². The summed E-state index contributed by atoms with van der Waals surface area (Å²) in [5.74, 6) is -0.434. The first-order chi connectivity index (χ1) is 11.2. The van der Waals surface area contributed by atoms with E-state index in [2.05, 4.69) is 4.98 Å². The highest BCUT2D eigenvalue weighted by atomic mass is 19.1. The van der Waals surface area contributed by atoms with Crippen LogP contribution in [0.25, 0.3) is 0 Å². The van der Waals surface area contributed by atoms with Crippen LogP contribution in [0.4, 0.5) is 4.39 Å². The monoisotopic (exact) mass is 303 g/mol. The van der Waals surface area contributed by atoms with E-state index in [9.17, 15) is 9.18 Å². The molecular formula is C20H14FNO. The maximum absolute atomic E-state index is 13.3. The molecule has 3 heteroatoms. The molecule has 23 heavy (non-hydrogen) atoms. The van der Waals surface area contributed by atoms with Gasteiger partial charge in [-0.05, 0) is 47.2 Å². The molecule has 0 N–H and O–H groups in total. The smallest absolute Gasteiger partial charge is 0.213 e. The number of carbonyl (C=O) groups excluding carboxylic acids is 1. The highest BCUT2D eigenvalue weighted by Gasteiger charge is 2.25. The average Bonchev–Trinajstić information content (AvgIpc) is 2.55. The molecule has 2 aromatic carbocycles. The van der Waals surface area contributed by atoms with E-state index in [-0.39, 0.29) is 5.78 Å². The molecule has 0 spiro atoms. The van der Waals surface area contributed by atoms with E-state index in [0.29, 0.717) is 6.42 Å². The fourth-order valence-electron chi connectivity index (χ4n) is 3.25. The second-order valence-electron chi connectivity index (χ2n) is 5.78. The van der Waals surface area contributed by atoms with Gasteiger partial charge in [-0.3, -0.25) is 4.79 Å². The number of benzene rings is 2. The molecule has 1 heterocycles. The van der Waals surface area contributed by atoms with Crippen LogP contribution in [-0.4, -0.2) is 10.8 Å². The van der Waals surface area contributed by atoms with Crippen molar-refractivity contribution in [1.29, 1.82) is 0 Å². The fourth-order valence-corrected chi connectivity index (χ4v) is 3.25. The maximum atomic E-state index is 13.3. The third-order valence-electron chi connectivity index (χ3n) is 4.29. The Kier molecular flexibility index (Phi) is 3.27. The minimum absolute atomic E-state index is 0.0620. The van der Waals surface area contributed by atoms with Gasteiger partial charge in [0.25, 0.3) is 0 Å². The Hall–Kier alpha value is -2.81. The fraction of sp³-hybridized carbons (Fsp3) is 0.100. The third kappa shape index (κ3) is 2.44. The van der Waals surface area contributed by atoms with Gasteiger partial charge >= 0.3 is 0 Å². The molecule has 0 fully saturated rings. The molecule has 2 nitrogen and oxygen atoms in total. The van der Waals surface area contributed by atoms with Crippen molar-refractivity contribution in [3.05, 3.63) is 100 Å². The van der Waals surface area contributed by atoms with Crippen LogP contribution < -0.4 is 0 Å². The van der Waals surface area contributed by atoms with Gasteiger partial charge in [-0.2, -0.15) is 4.39 Å². The summed E-state index contributed by atoms with van der Waals surface area (Å²) in [7, 11) is 0. The van der Waals surface area contributed by atoms with Gasteiger partial charge in [0.15, 0.2) is 5.78 Å². The first-order valence-electron chi connectivity index (χ1n) is 7.56. The van der Waals surface area contributed by atoms with Gasteiger partial charge in [-0.25, -0.2) is 4.98 Å². The summed E-state index contributed by atoms with van der Waals surface area (Å²) in [6.45, 7) is 0. The molecule has 3 aromatic rings. The van der Waals surface area contributed by atoms with Crippen LogP contribution in [0.1, 0.15) is 38.2 Å². The summed E-state index contributed by atoms with van der Waals surface area (Å²) in [6, 6.07) is 16.8. The van der Waals surface area contributed by atoms with Crippen LogP contribution in [0.3, 0.4) is 0 Å². The SMILES string of the molecule is O=C1c2ccccc2Cc2cccc(Cc3ccnc(F)c3)c21. The summed E-state index contributed by atoms with van der Waals surface area (Å²) in [5, 5.41) is 0. The van der Waals surface area contributed by atoms with Crippen molar-refractivity contribution in [3.8, 4) is 0 Å². The highest BCUT2D eigenvalue weighted by molar-refractivity contribution is 6.13. The van der Waals surface area contributed by atoms with Gasteiger partial charge < -0.3 is 0 Å². The summed E-state index contributed by atoms with van der Waals surface area (Å²) in [6.07, 6.45) is 2.74. The molecule has 1 aliphatic rings. The minimum atomic E-state index is -0.496. The zero-order chi connectivity index (χ0) is 15.8. The molecule has 0 aliphatic heterocycles. The lowest BCUT2D eigenvalue weighted by Crippen LogP contribution is -2.17. The lowest BCUT2D eigenvalue weighted by Gasteiger charge is -2.21. The maximum Gasteiger partial charge on any atom is 0.213 e. The Morgan fingerprint density at radius 1 is 1.00 bits per heavy atom. The molecule has 1 aliphatic carbocycles. The van der Waals surface area contributed by atoms with Crippen LogP contribution in [0.2, 0.25) is 0 Å². The van der Waals surface area contributed by atoms with E-state index in [1.54, 1.807) is 6.07 Å². The molecule has 0 saturated heterocycles. The van der Waals surface area contributed by atoms with E-state index >= 15 is 0 Å². The Balaban J connectivity index is 1.79. The van der Waals surface area contributed by atoms with Gasteiger partial charge in [0.2, 0.25) is 5.95 Å². The second kappa shape index (κ2) is 5.43. The van der Waals surface area contributed by atoms with Gasteiger partial charge in [0, 0.05) is 17.3 Å². The standard InChI is InChI=1S/C20H14FNO/c21-18-11-13(8-9-22-18)10-15-5-3-6-16-12-14-4-1-2-7-17(14)20(23)19(15)16/h1-9,11H,10,12H2. The van der Waals surface area contributed by atoms with Crippen molar-refractivity contribution in [2.75, 3.05) is 0 Å². The van der Waals surface area contributed by atoms with Gasteiger partial charge in [0.05, 0.1) is 0 Å². The Bertz CT molecular complexity index is 917. The molecule has 4 rings (SSSR count). The normalized spacial score (nSPS) is 12.7. The molecular weight excluding hydrogens is 289 g/mol. The largest absolute Gasteiger partial charge is 0.289 e. The molecule has 0 atom stereocenters. The first-order valence-corrected chi connectivity index (χ1v) is 7.56. The number of hydrogen-bond donors (Lipinski definition) is 0. The van der Waals surface area contributed by atoms with Crippen LogP contribution in [0.5, 0.6) is 0 Å². The number of carbonyl (C=O) groups is 1. The molecule has 1 aromatic heterocycles. The lowest BCUT2D eigenvalue weighted by molar-refractivity contribution is 0.103. The summed E-state index contributed by atoms with van der Waals surface area (Å²) >= 11 is 0. The van der Waals surface area contributed by atoms with Crippen LogP contribution >= 0.6 is 0 Å². The Morgan fingerprint density at radius 2 is 1.83 bits per heavy atom. The second-order valence-corrected chi connectivity index (χ2v) is 5.78. The van der Waals surface area contributed by atoms with Gasteiger partial charge in [0.1, 0.15) is 0 Å². The van der Waals surface area contributed by atoms with E-state index in [1.807, 2.05) is 42.5 Å². The van der Waals surface area contributed by atoms with Gasteiger partial charge in [-0.15, -0.1) is 0 Å². The highest BCUT2D eigenvalue weighted by Crippen LogP contribution is 2.30. The predicted octanol–water partition coefficient (Wildman–Crippen LogP) is 3.95. The number of halogens is 1. The third-order valence-corrected chi connectivity index (χ3v) is 4.29. The first kappa shape index (κ1) is 13.8. The van der Waals surface area contributed by atoms with Crippen LogP contribution in [0, 0.1) is 5.95 Å². The zero-order valence-electron chi connectivity index (χ0n) is 12.4. The Labute approximate surface area is 133 Å². The van der Waals surface area contributed by atoms with Crippen molar-refractivity contribution in [3.63, 3.8) is 0 Å². The van der Waals surface area contributed by atoms with Crippen LogP contribution in [-0.2, 0) is 12.8 Å². The van der Waals surface area contributed by atoms with Crippen molar-refractivity contribution in [1.82, 2.24) is 4.98 Å². The number of fused-ring (bicyclic) bond motifs is 2. The number of aromatic nitrogens is 1. The summed E-state index contributed by atoms with van der Waals surface area (Å²) < 4.78 is 13.3. The summed E-state index contributed by atoms with van der Waals surface area (Å²) in [4.78, 5) is 16.5. The molecule has 0 bridgehead atoms. The van der Waals surface area contributed by atoms with E-state index < -0.39 is 5.95 Å². The van der Waals surface area contributed by atoms with Crippen LogP contribution in [0.15, 0.2) is 60.8 Å². The van der Waals surface area contributed by atoms with Gasteiger partial charge in [-0.1, -0.05) is 42.5 Å². The molecule has 0 saturated carbocycles. The average molecular weight is 303 g/mol.